The highest BCUT2D eigenvalue weighted by molar-refractivity contribution is 7.87. The standard InChI is InChI=1S/C16H29NO8S/c1-2-3-4-5-6-7-8-9-10-25-15(19)12-17-14(18)11-13(16(20)21)26(22,23)24/h13H,2-12H2,1H3,(H,17,18)(H,20,21)(H,22,23,24)/p-2. The number of hydrogen-bond acceptors (Lipinski definition) is 8. The molecule has 0 fully saturated rings. The van der Waals surface area contributed by atoms with Crippen molar-refractivity contribution >= 4 is 28.0 Å². The van der Waals surface area contributed by atoms with E-state index in [2.05, 4.69) is 6.92 Å². The van der Waals surface area contributed by atoms with Gasteiger partial charge in [0.2, 0.25) is 5.91 Å². The number of carboxylic acids is 1. The van der Waals surface area contributed by atoms with Gasteiger partial charge in [-0.1, -0.05) is 51.9 Å². The van der Waals surface area contributed by atoms with Gasteiger partial charge in [-0.05, 0) is 6.42 Å². The minimum absolute atomic E-state index is 0.209. The molecule has 1 N–H and O–H groups in total. The summed E-state index contributed by atoms with van der Waals surface area (Å²) >= 11 is 0. The number of unbranched alkanes of at least 4 members (excludes halogenated alkanes) is 7. The summed E-state index contributed by atoms with van der Waals surface area (Å²) in [4.78, 5) is 33.4. The molecule has 26 heavy (non-hydrogen) atoms. The lowest BCUT2D eigenvalue weighted by Crippen LogP contribution is -2.44. The maximum absolute atomic E-state index is 11.4. The van der Waals surface area contributed by atoms with Crippen LogP contribution in [0, 0.1) is 0 Å². The molecule has 10 heteroatoms. The number of hydrogen-bond donors (Lipinski definition) is 1. The van der Waals surface area contributed by atoms with Crippen LogP contribution in [0.2, 0.25) is 0 Å². The fourth-order valence-electron chi connectivity index (χ4n) is 2.19. The number of aliphatic carboxylic acids is 1. The van der Waals surface area contributed by atoms with Gasteiger partial charge in [-0.25, -0.2) is 8.42 Å². The van der Waals surface area contributed by atoms with Crippen LogP contribution < -0.4 is 10.4 Å². The molecule has 0 heterocycles. The van der Waals surface area contributed by atoms with Crippen LogP contribution in [0.15, 0.2) is 0 Å². The molecule has 0 saturated heterocycles. The van der Waals surface area contributed by atoms with Gasteiger partial charge >= 0.3 is 5.97 Å². The van der Waals surface area contributed by atoms with Crippen molar-refractivity contribution in [1.82, 2.24) is 5.32 Å². The smallest absolute Gasteiger partial charge is 0.325 e. The number of esters is 1. The third-order valence-corrected chi connectivity index (χ3v) is 4.73. The molecule has 0 rings (SSSR count). The molecule has 0 aliphatic heterocycles. The second-order valence-corrected chi connectivity index (χ2v) is 7.53. The van der Waals surface area contributed by atoms with Crippen LogP contribution in [-0.4, -0.2) is 49.2 Å². The van der Waals surface area contributed by atoms with Crippen molar-refractivity contribution in [1.29, 1.82) is 0 Å². The van der Waals surface area contributed by atoms with Gasteiger partial charge in [0, 0.05) is 6.42 Å². The van der Waals surface area contributed by atoms with E-state index in [-0.39, 0.29) is 6.61 Å². The SMILES string of the molecule is CCCCCCCCCCOC(=O)CNC(=O)CC(C(=O)[O-])S(=O)(=O)[O-]. The minimum Gasteiger partial charge on any atom is -0.747 e. The van der Waals surface area contributed by atoms with Gasteiger partial charge < -0.3 is 24.5 Å². The Morgan fingerprint density at radius 1 is 1.00 bits per heavy atom. The Morgan fingerprint density at radius 3 is 2.04 bits per heavy atom. The lowest BCUT2D eigenvalue weighted by Gasteiger charge is -2.20. The Labute approximate surface area is 154 Å². The van der Waals surface area contributed by atoms with Crippen molar-refractivity contribution in [3.63, 3.8) is 0 Å². The van der Waals surface area contributed by atoms with E-state index in [4.69, 9.17) is 4.74 Å². The lowest BCUT2D eigenvalue weighted by molar-refractivity contribution is -0.305. The molecule has 0 radical (unpaired) electrons. The zero-order valence-corrected chi connectivity index (χ0v) is 15.8. The zero-order valence-electron chi connectivity index (χ0n) is 15.0. The largest absolute Gasteiger partial charge is 0.747 e. The number of nitrogens with one attached hydrogen (secondary N) is 1. The summed E-state index contributed by atoms with van der Waals surface area (Å²) in [7, 11) is -5.22. The van der Waals surface area contributed by atoms with Crippen molar-refractivity contribution in [3.8, 4) is 0 Å². The topological polar surface area (TPSA) is 153 Å². The molecule has 0 spiro atoms. The Hall–Kier alpha value is -1.68. The normalized spacial score (nSPS) is 12.4. The van der Waals surface area contributed by atoms with E-state index in [1.165, 1.54) is 25.7 Å². The first-order valence-corrected chi connectivity index (χ1v) is 10.2. The van der Waals surface area contributed by atoms with E-state index in [0.717, 1.165) is 19.3 Å². The number of rotatable bonds is 15. The average molecular weight is 393 g/mol. The monoisotopic (exact) mass is 393 g/mol. The molecule has 0 saturated carbocycles. The predicted octanol–water partition coefficient (Wildman–Crippen LogP) is -0.160. The summed E-state index contributed by atoms with van der Waals surface area (Å²) in [5.41, 5.74) is 0. The summed E-state index contributed by atoms with van der Waals surface area (Å²) in [5.74, 6) is -3.95. The number of carbonyl (C=O) groups is 3. The molecular formula is C16H27NO8S-2. The van der Waals surface area contributed by atoms with Crippen LogP contribution in [0.5, 0.6) is 0 Å². The molecule has 0 aromatic rings. The molecule has 0 aromatic carbocycles. The fraction of sp³-hybridized carbons (Fsp3) is 0.812. The van der Waals surface area contributed by atoms with Gasteiger partial charge in [-0.3, -0.25) is 9.59 Å². The van der Waals surface area contributed by atoms with Crippen LogP contribution in [-0.2, 0) is 29.2 Å². The molecule has 1 atom stereocenters. The first-order valence-electron chi connectivity index (χ1n) is 8.76. The highest BCUT2D eigenvalue weighted by atomic mass is 32.2. The Balaban J connectivity index is 3.82. The van der Waals surface area contributed by atoms with E-state index in [0.29, 0.717) is 6.42 Å². The number of amides is 1. The van der Waals surface area contributed by atoms with Crippen molar-refractivity contribution < 1.29 is 37.2 Å². The Morgan fingerprint density at radius 2 is 1.54 bits per heavy atom. The molecular weight excluding hydrogens is 366 g/mol. The van der Waals surface area contributed by atoms with Gasteiger partial charge in [0.1, 0.15) is 16.7 Å². The van der Waals surface area contributed by atoms with Gasteiger partial charge in [0.25, 0.3) is 0 Å². The average Bonchev–Trinajstić information content (AvgIpc) is 2.55. The van der Waals surface area contributed by atoms with E-state index >= 15 is 0 Å². The van der Waals surface area contributed by atoms with Crippen LogP contribution in [0.25, 0.3) is 0 Å². The number of carboxylic acid groups (broad SMARTS) is 1. The highest BCUT2D eigenvalue weighted by Crippen LogP contribution is 2.08. The van der Waals surface area contributed by atoms with Gasteiger partial charge in [0.05, 0.1) is 17.8 Å². The summed E-state index contributed by atoms with van der Waals surface area (Å²) in [5, 5.41) is 10.1. The molecule has 0 aromatic heterocycles. The van der Waals surface area contributed by atoms with E-state index < -0.39 is 46.2 Å². The number of ether oxygens (including phenoxy) is 1. The fourth-order valence-corrected chi connectivity index (χ4v) is 2.78. The molecule has 152 valence electrons. The third kappa shape index (κ3) is 12.6. The maximum atomic E-state index is 11.4. The Bertz CT molecular complexity index is 546. The van der Waals surface area contributed by atoms with Gasteiger partial charge in [-0.2, -0.15) is 0 Å². The first-order chi connectivity index (χ1) is 12.2. The molecule has 0 aliphatic carbocycles. The summed E-state index contributed by atoms with van der Waals surface area (Å²) in [6, 6.07) is 0. The van der Waals surface area contributed by atoms with Crippen LogP contribution in [0.4, 0.5) is 0 Å². The minimum atomic E-state index is -5.22. The van der Waals surface area contributed by atoms with Crippen molar-refractivity contribution in [3.05, 3.63) is 0 Å². The van der Waals surface area contributed by atoms with Crippen molar-refractivity contribution in [2.24, 2.45) is 0 Å². The van der Waals surface area contributed by atoms with Gasteiger partial charge in [-0.15, -0.1) is 0 Å². The predicted molar refractivity (Wildman–Crippen MR) is 89.7 cm³/mol. The van der Waals surface area contributed by atoms with Crippen molar-refractivity contribution in [2.45, 2.75) is 70.0 Å². The second-order valence-electron chi connectivity index (χ2n) is 5.98. The maximum Gasteiger partial charge on any atom is 0.325 e. The van der Waals surface area contributed by atoms with Crippen LogP contribution in [0.1, 0.15) is 64.7 Å². The van der Waals surface area contributed by atoms with Crippen LogP contribution in [0.3, 0.4) is 0 Å². The quantitative estimate of drug-likeness (QED) is 0.229. The summed E-state index contributed by atoms with van der Waals surface area (Å²) < 4.78 is 37.0. The van der Waals surface area contributed by atoms with Crippen molar-refractivity contribution in [2.75, 3.05) is 13.2 Å². The van der Waals surface area contributed by atoms with Crippen LogP contribution >= 0.6 is 0 Å². The Kier molecular flexibility index (Phi) is 12.6. The molecule has 1 amide bonds. The molecule has 9 nitrogen and oxygen atoms in total. The van der Waals surface area contributed by atoms with E-state index in [1.807, 2.05) is 5.32 Å². The summed E-state index contributed by atoms with van der Waals surface area (Å²) in [6.07, 6.45) is 7.61. The lowest BCUT2D eigenvalue weighted by atomic mass is 10.1. The van der Waals surface area contributed by atoms with Gasteiger partial charge in [0.15, 0.2) is 0 Å². The second kappa shape index (κ2) is 13.5. The highest BCUT2D eigenvalue weighted by Gasteiger charge is 2.22. The van der Waals surface area contributed by atoms with E-state index in [9.17, 15) is 32.5 Å². The first kappa shape index (κ1) is 24.3. The van der Waals surface area contributed by atoms with E-state index in [1.54, 1.807) is 0 Å². The summed E-state index contributed by atoms with van der Waals surface area (Å²) in [6.45, 7) is 1.83. The molecule has 0 aliphatic rings. The zero-order chi connectivity index (χ0) is 20.0. The number of carbonyl (C=O) groups excluding carboxylic acids is 3. The third-order valence-electron chi connectivity index (χ3n) is 3.67. The molecule has 1 unspecified atom stereocenters. The molecule has 0 bridgehead atoms.